The van der Waals surface area contributed by atoms with Crippen molar-refractivity contribution in [1.82, 2.24) is 0 Å². The van der Waals surface area contributed by atoms with Crippen molar-refractivity contribution in [1.29, 1.82) is 0 Å². The van der Waals surface area contributed by atoms with E-state index in [9.17, 15) is 10.1 Å². The van der Waals surface area contributed by atoms with Crippen molar-refractivity contribution in [2.75, 3.05) is 11.9 Å². The van der Waals surface area contributed by atoms with Crippen molar-refractivity contribution in [3.05, 3.63) is 32.3 Å². The molecule has 1 atom stereocenters. The van der Waals surface area contributed by atoms with Crippen LogP contribution < -0.4 is 5.32 Å². The number of nitro benzene ring substituents is 1. The lowest BCUT2D eigenvalue weighted by atomic mass is 9.99. The Morgan fingerprint density at radius 3 is 2.50 bits per heavy atom. The Bertz CT molecular complexity index is 467. The van der Waals surface area contributed by atoms with Gasteiger partial charge in [-0.3, -0.25) is 10.1 Å². The van der Waals surface area contributed by atoms with E-state index < -0.39 is 4.92 Å². The number of benzene rings is 1. The van der Waals surface area contributed by atoms with Gasteiger partial charge in [0.05, 0.1) is 15.0 Å². The van der Waals surface area contributed by atoms with Crippen LogP contribution in [0.3, 0.4) is 0 Å². The number of hydrogen-bond donors (Lipinski definition) is 1. The van der Waals surface area contributed by atoms with E-state index >= 15 is 0 Å². The SMILES string of the molecule is CCCCC(CC)CNc1cc(Cl)c(Cl)cc1[N+](=O)[O-]. The lowest BCUT2D eigenvalue weighted by Gasteiger charge is -2.16. The van der Waals surface area contributed by atoms with Gasteiger partial charge >= 0.3 is 0 Å². The second-order valence-corrected chi connectivity index (χ2v) is 5.65. The van der Waals surface area contributed by atoms with Gasteiger partial charge in [-0.2, -0.15) is 0 Å². The van der Waals surface area contributed by atoms with Crippen LogP contribution in [0.5, 0.6) is 0 Å². The molecule has 0 aliphatic heterocycles. The molecular weight excluding hydrogens is 299 g/mol. The summed E-state index contributed by atoms with van der Waals surface area (Å²) in [6, 6.07) is 2.81. The molecule has 1 unspecified atom stereocenters. The second kappa shape index (κ2) is 8.32. The van der Waals surface area contributed by atoms with Crippen LogP contribution in [-0.4, -0.2) is 11.5 Å². The monoisotopic (exact) mass is 318 g/mol. The van der Waals surface area contributed by atoms with Gasteiger partial charge in [0, 0.05) is 12.6 Å². The first-order valence-corrected chi connectivity index (χ1v) is 7.62. The summed E-state index contributed by atoms with van der Waals surface area (Å²) < 4.78 is 0. The average molecular weight is 319 g/mol. The van der Waals surface area contributed by atoms with Gasteiger partial charge in [0.25, 0.3) is 5.69 Å². The number of nitrogens with zero attached hydrogens (tertiary/aromatic N) is 1. The summed E-state index contributed by atoms with van der Waals surface area (Å²) >= 11 is 11.8. The van der Waals surface area contributed by atoms with E-state index in [1.165, 1.54) is 18.6 Å². The fourth-order valence-corrected chi connectivity index (χ4v) is 2.35. The fraction of sp³-hybridized carbons (Fsp3) is 0.571. The molecule has 0 saturated carbocycles. The van der Waals surface area contributed by atoms with Gasteiger partial charge in [0.2, 0.25) is 0 Å². The smallest absolute Gasteiger partial charge is 0.293 e. The van der Waals surface area contributed by atoms with E-state index in [0.717, 1.165) is 19.3 Å². The van der Waals surface area contributed by atoms with Gasteiger partial charge in [0.1, 0.15) is 5.69 Å². The number of nitrogens with one attached hydrogen (secondary N) is 1. The minimum Gasteiger partial charge on any atom is -0.379 e. The summed E-state index contributed by atoms with van der Waals surface area (Å²) in [7, 11) is 0. The van der Waals surface area contributed by atoms with E-state index in [-0.39, 0.29) is 10.7 Å². The molecule has 112 valence electrons. The van der Waals surface area contributed by atoms with Gasteiger partial charge in [-0.15, -0.1) is 0 Å². The first kappa shape index (κ1) is 17.1. The molecule has 0 aliphatic carbocycles. The van der Waals surface area contributed by atoms with Crippen LogP contribution in [-0.2, 0) is 0 Å². The molecule has 0 spiro atoms. The highest BCUT2D eigenvalue weighted by molar-refractivity contribution is 6.42. The molecule has 0 heterocycles. The van der Waals surface area contributed by atoms with Gasteiger partial charge < -0.3 is 5.32 Å². The van der Waals surface area contributed by atoms with E-state index in [1.807, 2.05) is 0 Å². The molecule has 0 amide bonds. The summed E-state index contributed by atoms with van der Waals surface area (Å²) in [4.78, 5) is 10.6. The highest BCUT2D eigenvalue weighted by Gasteiger charge is 2.17. The lowest BCUT2D eigenvalue weighted by molar-refractivity contribution is -0.383. The van der Waals surface area contributed by atoms with Crippen LogP contribution in [0, 0.1) is 16.0 Å². The Labute approximate surface area is 129 Å². The summed E-state index contributed by atoms with van der Waals surface area (Å²) in [5.74, 6) is 0.504. The number of unbranched alkanes of at least 4 members (excludes halogenated alkanes) is 1. The molecule has 1 aromatic rings. The molecular formula is C14H20Cl2N2O2. The number of anilines is 1. The highest BCUT2D eigenvalue weighted by atomic mass is 35.5. The molecule has 1 N–H and O–H groups in total. The van der Waals surface area contributed by atoms with Crippen LogP contribution in [0.4, 0.5) is 11.4 Å². The predicted octanol–water partition coefficient (Wildman–Crippen LogP) is 5.53. The molecule has 6 heteroatoms. The van der Waals surface area contributed by atoms with Gasteiger partial charge in [-0.25, -0.2) is 0 Å². The van der Waals surface area contributed by atoms with Crippen molar-refractivity contribution in [3.8, 4) is 0 Å². The van der Waals surface area contributed by atoms with E-state index in [4.69, 9.17) is 23.2 Å². The normalized spacial score (nSPS) is 12.2. The lowest BCUT2D eigenvalue weighted by Crippen LogP contribution is -2.14. The number of halogens is 2. The third-order valence-corrected chi connectivity index (χ3v) is 4.08. The predicted molar refractivity (Wildman–Crippen MR) is 84.9 cm³/mol. The number of hydrogen-bond acceptors (Lipinski definition) is 3. The van der Waals surface area contributed by atoms with Gasteiger partial charge in [-0.05, 0) is 18.4 Å². The summed E-state index contributed by atoms with van der Waals surface area (Å²) in [5.41, 5.74) is 0.393. The van der Waals surface area contributed by atoms with Crippen LogP contribution >= 0.6 is 23.2 Å². The zero-order valence-electron chi connectivity index (χ0n) is 11.8. The topological polar surface area (TPSA) is 55.2 Å². The van der Waals surface area contributed by atoms with Crippen molar-refractivity contribution in [2.24, 2.45) is 5.92 Å². The Hall–Kier alpha value is -1.00. The van der Waals surface area contributed by atoms with Crippen LogP contribution in [0.2, 0.25) is 10.0 Å². The Kier molecular flexibility index (Phi) is 7.10. The zero-order valence-corrected chi connectivity index (χ0v) is 13.3. The Morgan fingerprint density at radius 2 is 1.95 bits per heavy atom. The van der Waals surface area contributed by atoms with Gasteiger partial charge in [-0.1, -0.05) is 56.3 Å². The van der Waals surface area contributed by atoms with Crippen LogP contribution in [0.15, 0.2) is 12.1 Å². The molecule has 1 aromatic carbocycles. The van der Waals surface area contributed by atoms with Gasteiger partial charge in [0.15, 0.2) is 0 Å². The van der Waals surface area contributed by atoms with Crippen LogP contribution in [0.1, 0.15) is 39.5 Å². The maximum absolute atomic E-state index is 11.0. The maximum Gasteiger partial charge on any atom is 0.293 e. The first-order chi connectivity index (χ1) is 9.49. The Balaban J connectivity index is 2.80. The maximum atomic E-state index is 11.0. The molecule has 1 rings (SSSR count). The molecule has 0 radical (unpaired) electrons. The largest absolute Gasteiger partial charge is 0.379 e. The number of rotatable bonds is 8. The minimum atomic E-state index is -0.447. The Morgan fingerprint density at radius 1 is 1.30 bits per heavy atom. The second-order valence-electron chi connectivity index (χ2n) is 4.84. The molecule has 0 aliphatic rings. The van der Waals surface area contributed by atoms with E-state index in [1.54, 1.807) is 0 Å². The third-order valence-electron chi connectivity index (χ3n) is 3.36. The number of nitro groups is 1. The third kappa shape index (κ3) is 4.84. The van der Waals surface area contributed by atoms with Crippen molar-refractivity contribution < 1.29 is 4.92 Å². The molecule has 20 heavy (non-hydrogen) atoms. The fourth-order valence-electron chi connectivity index (χ4n) is 2.03. The van der Waals surface area contributed by atoms with E-state index in [2.05, 4.69) is 19.2 Å². The molecule has 0 fully saturated rings. The standard InChI is InChI=1S/C14H20Cl2N2O2/c1-3-5-6-10(4-2)9-17-13-7-11(15)12(16)8-14(13)18(19)20/h7-8,10,17H,3-6,9H2,1-2H3. The first-order valence-electron chi connectivity index (χ1n) is 6.86. The summed E-state index contributed by atoms with van der Waals surface area (Å²) in [6.07, 6.45) is 4.49. The zero-order chi connectivity index (χ0) is 15.1. The highest BCUT2D eigenvalue weighted by Crippen LogP contribution is 2.34. The van der Waals surface area contributed by atoms with Crippen molar-refractivity contribution >= 4 is 34.6 Å². The molecule has 4 nitrogen and oxygen atoms in total. The molecule has 0 bridgehead atoms. The van der Waals surface area contributed by atoms with Crippen LogP contribution in [0.25, 0.3) is 0 Å². The summed E-state index contributed by atoms with van der Waals surface area (Å²) in [5, 5.41) is 14.7. The minimum absolute atomic E-state index is 0.0373. The summed E-state index contributed by atoms with van der Waals surface area (Å²) in [6.45, 7) is 4.99. The molecule has 0 saturated heterocycles. The quantitative estimate of drug-likeness (QED) is 0.506. The average Bonchev–Trinajstić information content (AvgIpc) is 2.42. The molecule has 0 aromatic heterocycles. The van der Waals surface area contributed by atoms with Crippen molar-refractivity contribution in [2.45, 2.75) is 39.5 Å². The van der Waals surface area contributed by atoms with Crippen molar-refractivity contribution in [3.63, 3.8) is 0 Å². The van der Waals surface area contributed by atoms with E-state index in [0.29, 0.717) is 23.2 Å².